The van der Waals surface area contributed by atoms with E-state index in [9.17, 15) is 9.59 Å². The van der Waals surface area contributed by atoms with Crippen molar-refractivity contribution < 1.29 is 9.59 Å². The number of likely N-dealkylation sites (N-methyl/N-ethyl adjacent to an activating group) is 1. The van der Waals surface area contributed by atoms with Crippen molar-refractivity contribution in [1.82, 2.24) is 19.8 Å². The number of rotatable bonds is 8. The minimum absolute atomic E-state index is 0.144. The van der Waals surface area contributed by atoms with E-state index in [1.54, 1.807) is 0 Å². The van der Waals surface area contributed by atoms with Crippen LogP contribution in [0.2, 0.25) is 0 Å². The smallest absolute Gasteiger partial charge is 0.271 e. The molecule has 0 atom stereocenters. The van der Waals surface area contributed by atoms with Crippen LogP contribution in [0.1, 0.15) is 74.6 Å². The Morgan fingerprint density at radius 2 is 2.08 bits per heavy atom. The molecule has 6 nitrogen and oxygen atoms in total. The molecule has 2 heterocycles. The zero-order chi connectivity index (χ0) is 18.6. The van der Waals surface area contributed by atoms with Gasteiger partial charge in [-0.2, -0.15) is 0 Å². The van der Waals surface area contributed by atoms with Crippen molar-refractivity contribution in [3.8, 4) is 0 Å². The van der Waals surface area contributed by atoms with Crippen LogP contribution in [-0.4, -0.2) is 46.4 Å². The van der Waals surface area contributed by atoms with Crippen molar-refractivity contribution in [2.24, 2.45) is 5.41 Å². The number of unbranched alkanes of at least 4 members (excludes halogenated alkanes) is 1. The molecule has 1 aliphatic heterocycles. The molecule has 1 N–H and O–H groups in total. The van der Waals surface area contributed by atoms with E-state index < -0.39 is 0 Å². The van der Waals surface area contributed by atoms with Crippen LogP contribution >= 0.6 is 0 Å². The monoisotopic (exact) mass is 360 g/mol. The summed E-state index contributed by atoms with van der Waals surface area (Å²) >= 11 is 0. The van der Waals surface area contributed by atoms with Gasteiger partial charge in [0.05, 0.1) is 0 Å². The second-order valence-electron chi connectivity index (χ2n) is 7.91. The van der Waals surface area contributed by atoms with Crippen LogP contribution in [-0.2, 0) is 17.8 Å². The molecule has 6 heteroatoms. The Hall–Kier alpha value is -1.85. The van der Waals surface area contributed by atoms with Gasteiger partial charge in [-0.3, -0.25) is 9.59 Å². The molecular formula is C20H32N4O2. The number of amides is 2. The van der Waals surface area contributed by atoms with Crippen LogP contribution in [0.3, 0.4) is 0 Å². The zero-order valence-corrected chi connectivity index (χ0v) is 16.2. The van der Waals surface area contributed by atoms with Crippen LogP contribution in [0, 0.1) is 5.41 Å². The first-order chi connectivity index (χ1) is 12.6. The van der Waals surface area contributed by atoms with E-state index in [2.05, 4.69) is 21.8 Å². The summed E-state index contributed by atoms with van der Waals surface area (Å²) in [6, 6.07) is 0. The summed E-state index contributed by atoms with van der Waals surface area (Å²) in [5.74, 6) is 1.12. The van der Waals surface area contributed by atoms with Gasteiger partial charge in [-0.25, -0.2) is 4.98 Å². The summed E-state index contributed by atoms with van der Waals surface area (Å²) in [5.41, 5.74) is 0.336. The second-order valence-corrected chi connectivity index (χ2v) is 7.91. The highest BCUT2D eigenvalue weighted by Gasteiger charge is 2.41. The number of imidazole rings is 1. The fraction of sp³-hybridized carbons (Fsp3) is 0.750. The van der Waals surface area contributed by atoms with Gasteiger partial charge in [-0.15, -0.1) is 0 Å². The fourth-order valence-corrected chi connectivity index (χ4v) is 4.44. The van der Waals surface area contributed by atoms with E-state index in [1.807, 2.05) is 18.1 Å². The van der Waals surface area contributed by atoms with Gasteiger partial charge in [-0.1, -0.05) is 32.6 Å². The number of carbonyl (C=O) groups is 2. The molecule has 0 unspecified atom stereocenters. The maximum Gasteiger partial charge on any atom is 0.271 e. The molecule has 0 radical (unpaired) electrons. The highest BCUT2D eigenvalue weighted by atomic mass is 16.2. The quantitative estimate of drug-likeness (QED) is 0.775. The van der Waals surface area contributed by atoms with Crippen LogP contribution in [0.15, 0.2) is 6.20 Å². The normalized spacial score (nSPS) is 17.9. The number of aromatic nitrogens is 2. The summed E-state index contributed by atoms with van der Waals surface area (Å²) in [5, 5.41) is 2.91. The Bertz CT molecular complexity index is 625. The molecule has 2 aliphatic rings. The molecule has 2 amide bonds. The molecule has 1 aromatic heterocycles. The third-order valence-electron chi connectivity index (χ3n) is 5.99. The van der Waals surface area contributed by atoms with E-state index in [0.717, 1.165) is 70.2 Å². The predicted molar refractivity (Wildman–Crippen MR) is 101 cm³/mol. The number of hydrogen-bond acceptors (Lipinski definition) is 3. The minimum Gasteiger partial charge on any atom is -0.349 e. The number of fused-ring (bicyclic) bond motifs is 1. The van der Waals surface area contributed by atoms with Crippen molar-refractivity contribution in [1.29, 1.82) is 0 Å². The van der Waals surface area contributed by atoms with E-state index in [4.69, 9.17) is 0 Å². The molecule has 0 aromatic carbocycles. The van der Waals surface area contributed by atoms with Gasteiger partial charge in [0.15, 0.2) is 0 Å². The zero-order valence-electron chi connectivity index (χ0n) is 16.2. The first-order valence-electron chi connectivity index (χ1n) is 10.2. The van der Waals surface area contributed by atoms with Crippen LogP contribution in [0.25, 0.3) is 0 Å². The largest absolute Gasteiger partial charge is 0.349 e. The van der Waals surface area contributed by atoms with Gasteiger partial charge in [-0.05, 0) is 25.7 Å². The van der Waals surface area contributed by atoms with Gasteiger partial charge in [0, 0.05) is 44.7 Å². The molecule has 0 bridgehead atoms. The maximum absolute atomic E-state index is 13.0. The molecule has 1 aliphatic carbocycles. The second kappa shape index (κ2) is 8.23. The molecular weight excluding hydrogens is 328 g/mol. The first-order valence-corrected chi connectivity index (χ1v) is 10.2. The Balaban J connectivity index is 1.48. The van der Waals surface area contributed by atoms with Crippen molar-refractivity contribution in [3.63, 3.8) is 0 Å². The van der Waals surface area contributed by atoms with E-state index in [0.29, 0.717) is 18.8 Å². The van der Waals surface area contributed by atoms with Crippen molar-refractivity contribution >= 4 is 11.8 Å². The molecule has 1 fully saturated rings. The van der Waals surface area contributed by atoms with E-state index in [1.165, 1.54) is 0 Å². The Kier molecular flexibility index (Phi) is 5.99. The molecule has 1 saturated carbocycles. The van der Waals surface area contributed by atoms with Crippen molar-refractivity contribution in [2.75, 3.05) is 20.1 Å². The Morgan fingerprint density at radius 1 is 1.31 bits per heavy atom. The predicted octanol–water partition coefficient (Wildman–Crippen LogP) is 2.77. The summed E-state index contributed by atoms with van der Waals surface area (Å²) in [6.07, 6.45) is 11.5. The van der Waals surface area contributed by atoms with Crippen molar-refractivity contribution in [3.05, 3.63) is 17.7 Å². The number of carbonyl (C=O) groups excluding carboxylic acids is 2. The lowest BCUT2D eigenvalue weighted by molar-refractivity contribution is -0.141. The lowest BCUT2D eigenvalue weighted by Gasteiger charge is -2.32. The summed E-state index contributed by atoms with van der Waals surface area (Å²) in [4.78, 5) is 31.5. The molecule has 0 spiro atoms. The third kappa shape index (κ3) is 3.94. The lowest BCUT2D eigenvalue weighted by atomic mass is 9.79. The maximum atomic E-state index is 13.0. The van der Waals surface area contributed by atoms with Crippen LogP contribution in [0.5, 0.6) is 0 Å². The van der Waals surface area contributed by atoms with E-state index in [-0.39, 0.29) is 17.2 Å². The van der Waals surface area contributed by atoms with E-state index >= 15 is 0 Å². The Labute approximate surface area is 156 Å². The number of nitrogens with zero attached hydrogens (tertiary/aromatic N) is 3. The molecule has 0 saturated heterocycles. The highest BCUT2D eigenvalue weighted by molar-refractivity contribution is 5.92. The average Bonchev–Trinajstić information content (AvgIpc) is 3.35. The van der Waals surface area contributed by atoms with Crippen molar-refractivity contribution in [2.45, 2.75) is 71.3 Å². The number of nitrogens with one attached hydrogen (secondary N) is 1. The SMILES string of the molecule is CCCCC1(C(=O)N(C)CCNC(=O)c2cn3c(n2)CCC3)CCCC1. The summed E-state index contributed by atoms with van der Waals surface area (Å²) in [6.45, 7) is 4.14. The highest BCUT2D eigenvalue weighted by Crippen LogP contribution is 2.43. The number of aryl methyl sites for hydroxylation is 2. The molecule has 26 heavy (non-hydrogen) atoms. The van der Waals surface area contributed by atoms with Gasteiger partial charge in [0.1, 0.15) is 11.5 Å². The van der Waals surface area contributed by atoms with Gasteiger partial charge < -0.3 is 14.8 Å². The number of hydrogen-bond donors (Lipinski definition) is 1. The van der Waals surface area contributed by atoms with Crippen LogP contribution < -0.4 is 5.32 Å². The molecule has 144 valence electrons. The molecule has 1 aromatic rings. The van der Waals surface area contributed by atoms with Gasteiger partial charge in [0.25, 0.3) is 5.91 Å². The lowest BCUT2D eigenvalue weighted by Crippen LogP contribution is -2.43. The standard InChI is InChI=1S/C20H32N4O2/c1-3-4-9-20(10-5-6-11-20)19(26)23(2)14-12-21-18(25)16-15-24-13-7-8-17(24)22-16/h15H,3-14H2,1-2H3,(H,21,25). The first kappa shape index (κ1) is 18.9. The van der Waals surface area contributed by atoms with Gasteiger partial charge >= 0.3 is 0 Å². The average molecular weight is 361 g/mol. The molecule has 3 rings (SSSR count). The fourth-order valence-electron chi connectivity index (χ4n) is 4.44. The summed E-state index contributed by atoms with van der Waals surface area (Å²) < 4.78 is 2.06. The Morgan fingerprint density at radius 3 is 2.77 bits per heavy atom. The minimum atomic E-state index is -0.153. The topological polar surface area (TPSA) is 67.2 Å². The van der Waals surface area contributed by atoms with Gasteiger partial charge in [0.2, 0.25) is 5.91 Å². The summed E-state index contributed by atoms with van der Waals surface area (Å²) in [7, 11) is 1.87. The van der Waals surface area contributed by atoms with Crippen LogP contribution in [0.4, 0.5) is 0 Å². The third-order valence-corrected chi connectivity index (χ3v) is 5.99.